The molecule has 0 saturated carbocycles. The van der Waals surface area contributed by atoms with Gasteiger partial charge in [-0.15, -0.1) is 23.1 Å². The molecular formula is C15H12BrN3S3. The van der Waals surface area contributed by atoms with Crippen LogP contribution in [0.3, 0.4) is 0 Å². The van der Waals surface area contributed by atoms with Crippen molar-refractivity contribution in [3.05, 3.63) is 45.2 Å². The van der Waals surface area contributed by atoms with Crippen molar-refractivity contribution in [2.45, 2.75) is 4.90 Å². The number of fused-ring (bicyclic) bond motifs is 1. The molecule has 1 aromatic carbocycles. The SMILES string of the molecule is Brc1cscc1SNc1cccc2cc(C3=NCCS3)[nH]c12. The summed E-state index contributed by atoms with van der Waals surface area (Å²) in [5, 5.41) is 6.55. The van der Waals surface area contributed by atoms with Crippen LogP contribution in [0.1, 0.15) is 5.69 Å². The number of aromatic amines is 1. The first kappa shape index (κ1) is 14.7. The zero-order chi connectivity index (χ0) is 14.9. The lowest BCUT2D eigenvalue weighted by atomic mass is 10.2. The number of thioether (sulfide) groups is 1. The Hall–Kier alpha value is -0.890. The fraction of sp³-hybridized carbons (Fsp3) is 0.133. The van der Waals surface area contributed by atoms with E-state index in [-0.39, 0.29) is 0 Å². The maximum atomic E-state index is 4.55. The van der Waals surface area contributed by atoms with Crippen molar-refractivity contribution in [3.8, 4) is 0 Å². The number of hydrogen-bond donors (Lipinski definition) is 2. The normalized spacial score (nSPS) is 14.5. The van der Waals surface area contributed by atoms with Crippen LogP contribution in [0, 0.1) is 0 Å². The van der Waals surface area contributed by atoms with E-state index < -0.39 is 0 Å². The van der Waals surface area contributed by atoms with Gasteiger partial charge >= 0.3 is 0 Å². The molecule has 1 aliphatic rings. The summed E-state index contributed by atoms with van der Waals surface area (Å²) in [7, 11) is 0. The van der Waals surface area contributed by atoms with Gasteiger partial charge in [-0.25, -0.2) is 0 Å². The molecule has 4 rings (SSSR count). The highest BCUT2D eigenvalue weighted by Crippen LogP contribution is 2.34. The molecule has 0 radical (unpaired) electrons. The number of aliphatic imine (C=N–C) groups is 1. The highest BCUT2D eigenvalue weighted by atomic mass is 79.9. The van der Waals surface area contributed by atoms with Crippen LogP contribution in [-0.4, -0.2) is 22.3 Å². The maximum Gasteiger partial charge on any atom is 0.114 e. The van der Waals surface area contributed by atoms with Crippen molar-refractivity contribution in [3.63, 3.8) is 0 Å². The van der Waals surface area contributed by atoms with E-state index in [4.69, 9.17) is 0 Å². The van der Waals surface area contributed by atoms with Gasteiger partial charge in [-0.3, -0.25) is 4.99 Å². The maximum absolute atomic E-state index is 4.55. The summed E-state index contributed by atoms with van der Waals surface area (Å²) in [6, 6.07) is 8.49. The number of rotatable bonds is 4. The summed E-state index contributed by atoms with van der Waals surface area (Å²) in [5.74, 6) is 1.08. The van der Waals surface area contributed by atoms with Crippen LogP contribution in [0.15, 0.2) is 49.4 Å². The Bertz CT molecular complexity index is 853. The first-order valence-electron chi connectivity index (χ1n) is 6.75. The van der Waals surface area contributed by atoms with E-state index in [9.17, 15) is 0 Å². The topological polar surface area (TPSA) is 40.2 Å². The van der Waals surface area contributed by atoms with Gasteiger partial charge in [0.25, 0.3) is 0 Å². The lowest BCUT2D eigenvalue weighted by Crippen LogP contribution is -1.92. The van der Waals surface area contributed by atoms with Crippen molar-refractivity contribution >= 4 is 72.6 Å². The molecule has 2 aromatic heterocycles. The molecule has 0 amide bonds. The molecular weight excluding hydrogens is 398 g/mol. The zero-order valence-electron chi connectivity index (χ0n) is 11.4. The largest absolute Gasteiger partial charge is 0.351 e. The fourth-order valence-electron chi connectivity index (χ4n) is 2.31. The van der Waals surface area contributed by atoms with Crippen LogP contribution in [0.2, 0.25) is 0 Å². The molecule has 0 aliphatic carbocycles. The smallest absolute Gasteiger partial charge is 0.114 e. The first-order valence-corrected chi connectivity index (χ1v) is 10.3. The first-order chi connectivity index (χ1) is 10.8. The summed E-state index contributed by atoms with van der Waals surface area (Å²) < 4.78 is 4.58. The van der Waals surface area contributed by atoms with E-state index in [1.807, 2.05) is 11.8 Å². The molecule has 22 heavy (non-hydrogen) atoms. The van der Waals surface area contributed by atoms with Gasteiger partial charge in [0.2, 0.25) is 0 Å². The summed E-state index contributed by atoms with van der Waals surface area (Å²) in [6.07, 6.45) is 0. The molecule has 0 saturated heterocycles. The van der Waals surface area contributed by atoms with Gasteiger partial charge in [0.05, 0.1) is 21.8 Å². The standard InChI is InChI=1S/C15H12BrN3S3/c16-10-7-20-8-13(10)22-19-11-3-1-2-9-6-12(18-14(9)11)15-17-4-5-21-15/h1-3,6-8,18-19H,4-5H2. The molecule has 0 fully saturated rings. The molecule has 0 spiro atoms. The average molecular weight is 410 g/mol. The van der Waals surface area contributed by atoms with Crippen molar-refractivity contribution < 1.29 is 0 Å². The van der Waals surface area contributed by atoms with Crippen LogP contribution in [0.5, 0.6) is 0 Å². The Morgan fingerprint density at radius 2 is 2.27 bits per heavy atom. The number of halogens is 1. The summed E-state index contributed by atoms with van der Waals surface area (Å²) in [6.45, 7) is 0.919. The Morgan fingerprint density at radius 1 is 1.32 bits per heavy atom. The minimum atomic E-state index is 0.919. The predicted octanol–water partition coefficient (Wildman–Crippen LogP) is 5.60. The van der Waals surface area contributed by atoms with Gasteiger partial charge in [0.1, 0.15) is 5.04 Å². The Morgan fingerprint density at radius 3 is 3.05 bits per heavy atom. The minimum absolute atomic E-state index is 0.919. The van der Waals surface area contributed by atoms with Crippen molar-refractivity contribution in [2.75, 3.05) is 17.0 Å². The van der Waals surface area contributed by atoms with Gasteiger partial charge in [-0.1, -0.05) is 12.1 Å². The number of benzene rings is 1. The third-order valence-corrected chi connectivity index (χ3v) is 7.33. The van der Waals surface area contributed by atoms with Gasteiger partial charge in [0.15, 0.2) is 0 Å². The summed E-state index contributed by atoms with van der Waals surface area (Å²) >= 11 is 8.69. The number of hydrogen-bond acceptors (Lipinski definition) is 5. The van der Waals surface area contributed by atoms with E-state index in [1.54, 1.807) is 23.3 Å². The van der Waals surface area contributed by atoms with Crippen LogP contribution in [0.25, 0.3) is 10.9 Å². The van der Waals surface area contributed by atoms with Gasteiger partial charge in [-0.05, 0) is 40.0 Å². The number of nitrogens with one attached hydrogen (secondary N) is 2. The van der Waals surface area contributed by atoms with Crippen LogP contribution in [-0.2, 0) is 0 Å². The van der Waals surface area contributed by atoms with Crippen LogP contribution < -0.4 is 4.72 Å². The van der Waals surface area contributed by atoms with E-state index in [0.29, 0.717) is 0 Å². The van der Waals surface area contributed by atoms with E-state index in [0.717, 1.165) is 38.7 Å². The zero-order valence-corrected chi connectivity index (χ0v) is 15.5. The second kappa shape index (κ2) is 6.31. The highest BCUT2D eigenvalue weighted by molar-refractivity contribution is 9.10. The molecule has 7 heteroatoms. The third kappa shape index (κ3) is 2.82. The van der Waals surface area contributed by atoms with Gasteiger partial charge < -0.3 is 9.71 Å². The monoisotopic (exact) mass is 409 g/mol. The van der Waals surface area contributed by atoms with Crippen molar-refractivity contribution in [1.82, 2.24) is 4.98 Å². The molecule has 3 nitrogen and oxygen atoms in total. The lowest BCUT2D eigenvalue weighted by Gasteiger charge is -2.06. The van der Waals surface area contributed by atoms with E-state index in [1.165, 1.54) is 10.3 Å². The van der Waals surface area contributed by atoms with E-state index in [2.05, 4.69) is 65.7 Å². The molecule has 0 atom stereocenters. The molecule has 0 unspecified atom stereocenters. The molecule has 3 heterocycles. The number of anilines is 1. The second-order valence-corrected chi connectivity index (χ2v) is 8.31. The van der Waals surface area contributed by atoms with Crippen molar-refractivity contribution in [2.24, 2.45) is 4.99 Å². The van der Waals surface area contributed by atoms with Crippen LogP contribution >= 0.6 is 51.0 Å². The lowest BCUT2D eigenvalue weighted by molar-refractivity contribution is 1.17. The second-order valence-electron chi connectivity index (χ2n) is 4.78. The Labute approximate surface area is 149 Å². The Balaban J connectivity index is 1.64. The number of thiophene rings is 1. The van der Waals surface area contributed by atoms with Gasteiger partial charge in [-0.2, -0.15) is 0 Å². The number of para-hydroxylation sites is 1. The number of H-pyrrole nitrogens is 1. The minimum Gasteiger partial charge on any atom is -0.351 e. The molecule has 2 N–H and O–H groups in total. The fourth-order valence-corrected chi connectivity index (χ4v) is 5.51. The predicted molar refractivity (Wildman–Crippen MR) is 104 cm³/mol. The molecule has 0 bridgehead atoms. The van der Waals surface area contributed by atoms with Crippen molar-refractivity contribution in [1.29, 1.82) is 0 Å². The van der Waals surface area contributed by atoms with Gasteiger partial charge in [0, 0.05) is 32.9 Å². The number of nitrogens with zero attached hydrogens (tertiary/aromatic N) is 1. The summed E-state index contributed by atoms with van der Waals surface area (Å²) in [5.41, 5.74) is 3.34. The Kier molecular flexibility index (Phi) is 4.21. The van der Waals surface area contributed by atoms with E-state index >= 15 is 0 Å². The highest BCUT2D eigenvalue weighted by Gasteiger charge is 2.14. The quantitative estimate of drug-likeness (QED) is 0.550. The molecule has 3 aromatic rings. The third-order valence-electron chi connectivity index (χ3n) is 3.33. The summed E-state index contributed by atoms with van der Waals surface area (Å²) in [4.78, 5) is 9.26. The number of aromatic nitrogens is 1. The van der Waals surface area contributed by atoms with Crippen LogP contribution in [0.4, 0.5) is 5.69 Å². The molecule has 1 aliphatic heterocycles. The average Bonchev–Trinajstić information content (AvgIpc) is 3.25. The molecule has 112 valence electrons.